The molecule has 0 saturated heterocycles. The molecule has 114 valence electrons. The van der Waals surface area contributed by atoms with Gasteiger partial charge in [-0.05, 0) is 31.5 Å². The van der Waals surface area contributed by atoms with E-state index in [4.69, 9.17) is 4.42 Å². The molecule has 1 aromatic rings. The van der Waals surface area contributed by atoms with E-state index in [1.165, 1.54) is 38.2 Å². The minimum atomic E-state index is -3.50. The van der Waals surface area contributed by atoms with Crippen molar-refractivity contribution in [2.45, 2.75) is 50.2 Å². The quantitative estimate of drug-likeness (QED) is 0.810. The zero-order valence-corrected chi connectivity index (χ0v) is 12.8. The molecule has 0 atom stereocenters. The molecule has 0 unspecified atom stereocenters. The van der Waals surface area contributed by atoms with Gasteiger partial charge in [0.2, 0.25) is 5.09 Å². The predicted octanol–water partition coefficient (Wildman–Crippen LogP) is 2.25. The van der Waals surface area contributed by atoms with Crippen LogP contribution in [0.25, 0.3) is 0 Å². The van der Waals surface area contributed by atoms with Gasteiger partial charge in [0.1, 0.15) is 5.76 Å². The molecule has 0 radical (unpaired) electrons. The summed E-state index contributed by atoms with van der Waals surface area (Å²) in [7, 11) is -1.71. The Hall–Kier alpha value is -0.850. The van der Waals surface area contributed by atoms with Crippen LogP contribution in [0.3, 0.4) is 0 Å². The smallest absolute Gasteiger partial charge is 0.273 e. The molecule has 2 rings (SSSR count). The van der Waals surface area contributed by atoms with Gasteiger partial charge in [-0.2, -0.15) is 0 Å². The number of hydrogen-bond donors (Lipinski definition) is 2. The SMILES string of the molecule is CNCc1ccc(S(=O)(=O)NCCC2CCCCC2)o1. The summed E-state index contributed by atoms with van der Waals surface area (Å²) < 4.78 is 32.1. The van der Waals surface area contributed by atoms with Crippen LogP contribution in [0.5, 0.6) is 0 Å². The third-order valence-corrected chi connectivity index (χ3v) is 5.16. The molecule has 0 amide bonds. The van der Waals surface area contributed by atoms with Gasteiger partial charge in [-0.1, -0.05) is 32.1 Å². The van der Waals surface area contributed by atoms with Crippen molar-refractivity contribution in [3.05, 3.63) is 17.9 Å². The maximum atomic E-state index is 12.1. The minimum Gasteiger partial charge on any atom is -0.447 e. The highest BCUT2D eigenvalue weighted by Crippen LogP contribution is 2.26. The fourth-order valence-electron chi connectivity index (χ4n) is 2.72. The average Bonchev–Trinajstić information content (AvgIpc) is 2.90. The largest absolute Gasteiger partial charge is 0.447 e. The van der Waals surface area contributed by atoms with Crippen molar-refractivity contribution in [2.24, 2.45) is 5.92 Å². The summed E-state index contributed by atoms with van der Waals surface area (Å²) in [5, 5.41) is 2.93. The second-order valence-corrected chi connectivity index (χ2v) is 7.14. The second-order valence-electron chi connectivity index (χ2n) is 5.44. The molecule has 1 aromatic heterocycles. The molecule has 1 aliphatic rings. The molecule has 0 spiro atoms. The van der Waals surface area contributed by atoms with Crippen molar-refractivity contribution in [3.63, 3.8) is 0 Å². The van der Waals surface area contributed by atoms with Crippen molar-refractivity contribution in [1.82, 2.24) is 10.0 Å². The molecule has 1 aliphatic carbocycles. The zero-order chi connectivity index (χ0) is 14.4. The number of sulfonamides is 1. The highest BCUT2D eigenvalue weighted by Gasteiger charge is 2.19. The predicted molar refractivity (Wildman–Crippen MR) is 77.9 cm³/mol. The first-order valence-electron chi connectivity index (χ1n) is 7.35. The van der Waals surface area contributed by atoms with Gasteiger partial charge in [0.05, 0.1) is 6.54 Å². The third kappa shape index (κ3) is 4.33. The van der Waals surface area contributed by atoms with Gasteiger partial charge in [0, 0.05) is 6.54 Å². The van der Waals surface area contributed by atoms with Crippen LogP contribution in [-0.2, 0) is 16.6 Å². The van der Waals surface area contributed by atoms with E-state index in [1.807, 2.05) is 0 Å². The standard InChI is InChI=1S/C14H24N2O3S/c1-15-11-13-7-8-14(19-13)20(17,18)16-10-9-12-5-3-2-4-6-12/h7-8,12,15-16H,2-6,9-11H2,1H3. The summed E-state index contributed by atoms with van der Waals surface area (Å²) in [6.07, 6.45) is 7.27. The number of nitrogens with one attached hydrogen (secondary N) is 2. The normalized spacial score (nSPS) is 17.4. The van der Waals surface area contributed by atoms with Crippen LogP contribution in [0, 0.1) is 5.92 Å². The van der Waals surface area contributed by atoms with Crippen LogP contribution in [0.2, 0.25) is 0 Å². The topological polar surface area (TPSA) is 71.3 Å². The van der Waals surface area contributed by atoms with Crippen LogP contribution >= 0.6 is 0 Å². The Morgan fingerprint density at radius 1 is 1.25 bits per heavy atom. The third-order valence-electron chi connectivity index (χ3n) is 3.82. The number of hydrogen-bond acceptors (Lipinski definition) is 4. The van der Waals surface area contributed by atoms with Crippen molar-refractivity contribution < 1.29 is 12.8 Å². The Kier molecular flexibility index (Phi) is 5.63. The molecule has 1 heterocycles. The first kappa shape index (κ1) is 15.5. The molecule has 0 aliphatic heterocycles. The summed E-state index contributed by atoms with van der Waals surface area (Å²) in [6, 6.07) is 3.20. The highest BCUT2D eigenvalue weighted by atomic mass is 32.2. The molecule has 20 heavy (non-hydrogen) atoms. The van der Waals surface area contributed by atoms with E-state index in [-0.39, 0.29) is 5.09 Å². The van der Waals surface area contributed by atoms with Crippen LogP contribution in [0.15, 0.2) is 21.6 Å². The Balaban J connectivity index is 1.83. The summed E-state index contributed by atoms with van der Waals surface area (Å²) >= 11 is 0. The van der Waals surface area contributed by atoms with Crippen LogP contribution in [-0.4, -0.2) is 22.0 Å². The lowest BCUT2D eigenvalue weighted by molar-refractivity contribution is 0.339. The second kappa shape index (κ2) is 7.24. The molecule has 5 nitrogen and oxygen atoms in total. The Morgan fingerprint density at radius 3 is 2.70 bits per heavy atom. The first-order valence-corrected chi connectivity index (χ1v) is 8.83. The van der Waals surface area contributed by atoms with Gasteiger partial charge in [0.15, 0.2) is 0 Å². The summed E-state index contributed by atoms with van der Waals surface area (Å²) in [5.74, 6) is 1.29. The fourth-order valence-corrected chi connectivity index (χ4v) is 3.71. The van der Waals surface area contributed by atoms with E-state index in [9.17, 15) is 8.42 Å². The lowest BCUT2D eigenvalue weighted by Crippen LogP contribution is -2.26. The average molecular weight is 300 g/mol. The van der Waals surface area contributed by atoms with Gasteiger partial charge >= 0.3 is 0 Å². The molecule has 0 bridgehead atoms. The molecule has 0 aromatic carbocycles. The summed E-state index contributed by atoms with van der Waals surface area (Å²) in [6.45, 7) is 1.02. The van der Waals surface area contributed by atoms with Crippen LogP contribution in [0.1, 0.15) is 44.3 Å². The molecule has 1 saturated carbocycles. The molecule has 2 N–H and O–H groups in total. The Labute approximate surface area is 121 Å². The minimum absolute atomic E-state index is 0.00592. The maximum Gasteiger partial charge on any atom is 0.273 e. The lowest BCUT2D eigenvalue weighted by atomic mass is 9.87. The van der Waals surface area contributed by atoms with E-state index in [2.05, 4.69) is 10.0 Å². The molecular weight excluding hydrogens is 276 g/mol. The van der Waals surface area contributed by atoms with E-state index >= 15 is 0 Å². The Bertz CT molecular complexity index is 504. The van der Waals surface area contributed by atoms with E-state index in [1.54, 1.807) is 13.1 Å². The number of rotatable bonds is 7. The van der Waals surface area contributed by atoms with E-state index in [0.717, 1.165) is 6.42 Å². The zero-order valence-electron chi connectivity index (χ0n) is 12.0. The van der Waals surface area contributed by atoms with E-state index in [0.29, 0.717) is 24.8 Å². The molecule has 6 heteroatoms. The molecular formula is C14H24N2O3S. The monoisotopic (exact) mass is 300 g/mol. The van der Waals surface area contributed by atoms with Gasteiger partial charge in [0.25, 0.3) is 10.0 Å². The lowest BCUT2D eigenvalue weighted by Gasteiger charge is -2.21. The molecule has 1 fully saturated rings. The first-order chi connectivity index (χ1) is 9.62. The van der Waals surface area contributed by atoms with Crippen molar-refractivity contribution in [1.29, 1.82) is 0 Å². The number of furan rings is 1. The highest BCUT2D eigenvalue weighted by molar-refractivity contribution is 7.89. The van der Waals surface area contributed by atoms with Crippen LogP contribution in [0.4, 0.5) is 0 Å². The summed E-state index contributed by atoms with van der Waals surface area (Å²) in [5.41, 5.74) is 0. The van der Waals surface area contributed by atoms with Crippen molar-refractivity contribution in [2.75, 3.05) is 13.6 Å². The van der Waals surface area contributed by atoms with Gasteiger partial charge in [-0.25, -0.2) is 13.1 Å². The van der Waals surface area contributed by atoms with E-state index < -0.39 is 10.0 Å². The Morgan fingerprint density at radius 2 is 2.00 bits per heavy atom. The van der Waals surface area contributed by atoms with Crippen LogP contribution < -0.4 is 10.0 Å². The summed E-state index contributed by atoms with van der Waals surface area (Å²) in [4.78, 5) is 0. The van der Waals surface area contributed by atoms with Crippen molar-refractivity contribution in [3.8, 4) is 0 Å². The fraction of sp³-hybridized carbons (Fsp3) is 0.714. The van der Waals surface area contributed by atoms with Gasteiger partial charge < -0.3 is 9.73 Å². The maximum absolute atomic E-state index is 12.1. The van der Waals surface area contributed by atoms with Crippen molar-refractivity contribution >= 4 is 10.0 Å². The van der Waals surface area contributed by atoms with Gasteiger partial charge in [-0.15, -0.1) is 0 Å². The van der Waals surface area contributed by atoms with Gasteiger partial charge in [-0.3, -0.25) is 0 Å².